The van der Waals surface area contributed by atoms with E-state index in [4.69, 9.17) is 0 Å². The molecule has 7 nitrogen and oxygen atoms in total. The third kappa shape index (κ3) is 3.51. The fourth-order valence-corrected chi connectivity index (χ4v) is 2.88. The molecule has 7 heteroatoms. The molecule has 0 radical (unpaired) electrons. The third-order valence-corrected chi connectivity index (χ3v) is 4.27. The second-order valence-electron chi connectivity index (χ2n) is 7.25. The Bertz CT molecular complexity index is 657. The summed E-state index contributed by atoms with van der Waals surface area (Å²) in [5, 5.41) is 5.46. The second kappa shape index (κ2) is 6.76. The predicted octanol–water partition coefficient (Wildman–Crippen LogP) is 0.862. The first-order chi connectivity index (χ1) is 11.2. The molecule has 24 heavy (non-hydrogen) atoms. The fourth-order valence-electron chi connectivity index (χ4n) is 2.88. The van der Waals surface area contributed by atoms with Gasteiger partial charge in [0, 0.05) is 26.7 Å². The van der Waals surface area contributed by atoms with Crippen LogP contribution in [0.1, 0.15) is 42.8 Å². The van der Waals surface area contributed by atoms with Crippen LogP contribution in [0.2, 0.25) is 0 Å². The van der Waals surface area contributed by atoms with Crippen molar-refractivity contribution in [3.8, 4) is 0 Å². The van der Waals surface area contributed by atoms with Crippen LogP contribution >= 0.6 is 0 Å². The van der Waals surface area contributed by atoms with Crippen molar-refractivity contribution in [1.29, 1.82) is 0 Å². The molecule has 0 spiro atoms. The van der Waals surface area contributed by atoms with Crippen LogP contribution in [0, 0.1) is 5.41 Å². The minimum atomic E-state index is -0.638. The molecule has 0 fully saturated rings. The van der Waals surface area contributed by atoms with E-state index in [0.29, 0.717) is 18.1 Å². The Morgan fingerprint density at radius 1 is 1.33 bits per heavy atom. The molecule has 2 heterocycles. The number of hydrogen-bond acceptors (Lipinski definition) is 4. The highest BCUT2D eigenvalue weighted by Gasteiger charge is 2.34. The maximum Gasteiger partial charge on any atom is 0.272 e. The van der Waals surface area contributed by atoms with Gasteiger partial charge in [-0.3, -0.25) is 14.5 Å². The molecular formula is C17H27N5O2. The average molecular weight is 333 g/mol. The van der Waals surface area contributed by atoms with E-state index in [1.807, 2.05) is 32.4 Å². The van der Waals surface area contributed by atoms with Crippen molar-refractivity contribution in [2.45, 2.75) is 39.9 Å². The Morgan fingerprint density at radius 3 is 2.54 bits per heavy atom. The van der Waals surface area contributed by atoms with Crippen LogP contribution in [0.15, 0.2) is 6.58 Å². The summed E-state index contributed by atoms with van der Waals surface area (Å²) >= 11 is 0. The van der Waals surface area contributed by atoms with Gasteiger partial charge in [0.1, 0.15) is 11.9 Å². The SMILES string of the molecule is C=Cc1nc(C(=O)N[C@H](C(=O)NC)C(C)(C)C)c2n1CCN(C)C2. The zero-order chi connectivity index (χ0) is 18.1. The molecule has 1 aliphatic rings. The van der Waals surface area contributed by atoms with Crippen molar-refractivity contribution < 1.29 is 9.59 Å². The van der Waals surface area contributed by atoms with E-state index >= 15 is 0 Å². The number of carbonyl (C=O) groups excluding carboxylic acids is 2. The first-order valence-corrected chi connectivity index (χ1v) is 8.12. The predicted molar refractivity (Wildman–Crippen MR) is 93.4 cm³/mol. The number of aromatic nitrogens is 2. The highest BCUT2D eigenvalue weighted by Crippen LogP contribution is 2.22. The van der Waals surface area contributed by atoms with Crippen molar-refractivity contribution in [3.63, 3.8) is 0 Å². The van der Waals surface area contributed by atoms with Gasteiger partial charge >= 0.3 is 0 Å². The summed E-state index contributed by atoms with van der Waals surface area (Å²) in [5.74, 6) is 0.145. The minimum absolute atomic E-state index is 0.218. The molecule has 0 aromatic carbocycles. The Labute approximate surface area is 143 Å². The van der Waals surface area contributed by atoms with E-state index in [-0.39, 0.29) is 11.8 Å². The van der Waals surface area contributed by atoms with Crippen LogP contribution in [0.5, 0.6) is 0 Å². The largest absolute Gasteiger partial charge is 0.357 e. The fraction of sp³-hybridized carbons (Fsp3) is 0.588. The van der Waals surface area contributed by atoms with Gasteiger partial charge in [-0.1, -0.05) is 27.4 Å². The van der Waals surface area contributed by atoms with Crippen molar-refractivity contribution in [2.24, 2.45) is 5.41 Å². The topological polar surface area (TPSA) is 79.3 Å². The smallest absolute Gasteiger partial charge is 0.272 e. The molecule has 1 aromatic heterocycles. The molecule has 0 saturated carbocycles. The Kier molecular flexibility index (Phi) is 5.13. The lowest BCUT2D eigenvalue weighted by atomic mass is 9.86. The number of rotatable bonds is 4. The number of hydrogen-bond donors (Lipinski definition) is 2. The van der Waals surface area contributed by atoms with Crippen LogP contribution in [0.3, 0.4) is 0 Å². The van der Waals surface area contributed by atoms with Crippen LogP contribution < -0.4 is 10.6 Å². The zero-order valence-corrected chi connectivity index (χ0v) is 15.1. The lowest BCUT2D eigenvalue weighted by Gasteiger charge is -2.30. The molecule has 1 aromatic rings. The maximum atomic E-state index is 12.8. The highest BCUT2D eigenvalue weighted by molar-refractivity contribution is 5.97. The monoisotopic (exact) mass is 333 g/mol. The summed E-state index contributed by atoms with van der Waals surface area (Å²) in [7, 11) is 3.57. The van der Waals surface area contributed by atoms with Crippen molar-refractivity contribution in [2.75, 3.05) is 20.6 Å². The van der Waals surface area contributed by atoms with E-state index in [1.165, 1.54) is 0 Å². The third-order valence-electron chi connectivity index (χ3n) is 4.27. The van der Waals surface area contributed by atoms with Crippen molar-refractivity contribution in [1.82, 2.24) is 25.1 Å². The van der Waals surface area contributed by atoms with Gasteiger partial charge < -0.3 is 15.2 Å². The number of nitrogens with one attached hydrogen (secondary N) is 2. The molecule has 0 saturated heterocycles. The van der Waals surface area contributed by atoms with Gasteiger partial charge in [-0.05, 0) is 18.5 Å². The van der Waals surface area contributed by atoms with Gasteiger partial charge in [0.05, 0.1) is 5.69 Å². The minimum Gasteiger partial charge on any atom is -0.357 e. The number of likely N-dealkylation sites (N-methyl/N-ethyl adjacent to an activating group) is 2. The summed E-state index contributed by atoms with van der Waals surface area (Å²) in [6, 6.07) is -0.638. The molecule has 2 rings (SSSR count). The normalized spacial score (nSPS) is 16.2. The number of fused-ring (bicyclic) bond motifs is 1. The molecule has 0 unspecified atom stereocenters. The lowest BCUT2D eigenvalue weighted by molar-refractivity contribution is -0.124. The van der Waals surface area contributed by atoms with Crippen molar-refractivity contribution in [3.05, 3.63) is 23.8 Å². The lowest BCUT2D eigenvalue weighted by Crippen LogP contribution is -2.53. The van der Waals surface area contributed by atoms with E-state index < -0.39 is 11.5 Å². The number of amides is 2. The second-order valence-corrected chi connectivity index (χ2v) is 7.25. The van der Waals surface area contributed by atoms with Gasteiger partial charge in [0.2, 0.25) is 5.91 Å². The van der Waals surface area contributed by atoms with Crippen LogP contribution in [-0.4, -0.2) is 52.9 Å². The molecule has 1 atom stereocenters. The van der Waals surface area contributed by atoms with E-state index in [1.54, 1.807) is 13.1 Å². The summed E-state index contributed by atoms with van der Waals surface area (Å²) in [6.07, 6.45) is 1.66. The standard InChI is InChI=1S/C17H27N5O2/c1-7-12-19-13(11-10-21(6)8-9-22(11)12)15(23)20-14(16(24)18-5)17(2,3)4/h7,14H,1,8-10H2,2-6H3,(H,18,24)(H,20,23)/t14-/m1/s1. The van der Waals surface area contributed by atoms with Crippen molar-refractivity contribution >= 4 is 17.9 Å². The van der Waals surface area contributed by atoms with Crippen LogP contribution in [-0.2, 0) is 17.9 Å². The first kappa shape index (κ1) is 18.2. The quantitative estimate of drug-likeness (QED) is 0.857. The molecule has 132 valence electrons. The van der Waals surface area contributed by atoms with Gasteiger partial charge in [-0.15, -0.1) is 0 Å². The molecule has 0 aliphatic carbocycles. The number of nitrogens with zero attached hydrogens (tertiary/aromatic N) is 3. The molecule has 2 amide bonds. The zero-order valence-electron chi connectivity index (χ0n) is 15.1. The van der Waals surface area contributed by atoms with Gasteiger partial charge in [-0.2, -0.15) is 0 Å². The first-order valence-electron chi connectivity index (χ1n) is 8.12. The van der Waals surface area contributed by atoms with Gasteiger partial charge in [0.25, 0.3) is 5.91 Å². The summed E-state index contributed by atoms with van der Waals surface area (Å²) < 4.78 is 2.02. The Morgan fingerprint density at radius 2 is 2.00 bits per heavy atom. The summed E-state index contributed by atoms with van der Waals surface area (Å²) in [6.45, 7) is 11.8. The Hall–Kier alpha value is -2.15. The number of carbonyl (C=O) groups is 2. The maximum absolute atomic E-state index is 12.8. The summed E-state index contributed by atoms with van der Waals surface area (Å²) in [5.41, 5.74) is 0.823. The highest BCUT2D eigenvalue weighted by atomic mass is 16.2. The molecule has 0 bridgehead atoms. The van der Waals surface area contributed by atoms with Crippen LogP contribution in [0.4, 0.5) is 0 Å². The van der Waals surface area contributed by atoms with Gasteiger partial charge in [-0.25, -0.2) is 4.98 Å². The van der Waals surface area contributed by atoms with E-state index in [0.717, 1.165) is 18.8 Å². The molecular weight excluding hydrogens is 306 g/mol. The summed E-state index contributed by atoms with van der Waals surface area (Å²) in [4.78, 5) is 31.5. The van der Waals surface area contributed by atoms with E-state index in [9.17, 15) is 9.59 Å². The van der Waals surface area contributed by atoms with E-state index in [2.05, 4.69) is 27.1 Å². The van der Waals surface area contributed by atoms with Crippen LogP contribution in [0.25, 0.3) is 6.08 Å². The number of imidazole rings is 1. The molecule has 2 N–H and O–H groups in total. The molecule has 1 aliphatic heterocycles. The van der Waals surface area contributed by atoms with Gasteiger partial charge in [0.15, 0.2) is 5.69 Å². The average Bonchev–Trinajstić information content (AvgIpc) is 2.88. The Balaban J connectivity index is 2.34.